The van der Waals surface area contributed by atoms with E-state index in [0.717, 1.165) is 16.1 Å². The van der Waals surface area contributed by atoms with Crippen LogP contribution in [0.4, 0.5) is 11.4 Å². The molecule has 0 saturated heterocycles. The Balaban J connectivity index is 2.32. The van der Waals surface area contributed by atoms with E-state index in [9.17, 15) is 18.0 Å². The van der Waals surface area contributed by atoms with Gasteiger partial charge in [0.25, 0.3) is 5.91 Å². The number of hydrogen-bond donors (Lipinski definition) is 2. The molecule has 1 unspecified atom stereocenters. The second-order valence-electron chi connectivity index (χ2n) is 7.23. The highest BCUT2D eigenvalue weighted by Gasteiger charge is 2.29. The fourth-order valence-electron chi connectivity index (χ4n) is 2.87. The molecule has 29 heavy (non-hydrogen) atoms. The van der Waals surface area contributed by atoms with Crippen molar-refractivity contribution >= 4 is 33.2 Å². The third-order valence-electron chi connectivity index (χ3n) is 4.23. The van der Waals surface area contributed by atoms with Crippen molar-refractivity contribution in [2.45, 2.75) is 39.8 Å². The second kappa shape index (κ2) is 9.09. The Labute approximate surface area is 172 Å². The Morgan fingerprint density at radius 1 is 0.966 bits per heavy atom. The van der Waals surface area contributed by atoms with Gasteiger partial charge in [-0.3, -0.25) is 13.9 Å². The minimum Gasteiger partial charge on any atom is -0.350 e. The molecule has 0 spiro atoms. The van der Waals surface area contributed by atoms with Gasteiger partial charge < -0.3 is 10.6 Å². The molecule has 0 radical (unpaired) electrons. The molecular formula is C21H27N3O4S. The molecule has 0 aromatic heterocycles. The van der Waals surface area contributed by atoms with Gasteiger partial charge in [0, 0.05) is 6.04 Å². The van der Waals surface area contributed by atoms with Crippen molar-refractivity contribution in [1.29, 1.82) is 0 Å². The summed E-state index contributed by atoms with van der Waals surface area (Å²) in [6.45, 7) is 7.08. The summed E-state index contributed by atoms with van der Waals surface area (Å²) in [6.07, 6.45) is 1.06. The number of nitrogens with one attached hydrogen (secondary N) is 2. The zero-order valence-electron chi connectivity index (χ0n) is 17.3. The monoisotopic (exact) mass is 417 g/mol. The lowest BCUT2D eigenvalue weighted by atomic mass is 10.1. The average molecular weight is 418 g/mol. The maximum Gasteiger partial charge on any atom is 0.253 e. The van der Waals surface area contributed by atoms with Crippen molar-refractivity contribution in [2.24, 2.45) is 0 Å². The van der Waals surface area contributed by atoms with Gasteiger partial charge in [0.15, 0.2) is 0 Å². The molecule has 156 valence electrons. The first kappa shape index (κ1) is 22.4. The van der Waals surface area contributed by atoms with Crippen LogP contribution in [-0.2, 0) is 14.8 Å². The summed E-state index contributed by atoms with van der Waals surface area (Å²) < 4.78 is 25.9. The molecule has 0 aliphatic carbocycles. The number of sulfonamides is 1. The smallest absolute Gasteiger partial charge is 0.253 e. The number of hydrogen-bond acceptors (Lipinski definition) is 4. The summed E-state index contributed by atoms with van der Waals surface area (Å²) in [7, 11) is -3.72. The van der Waals surface area contributed by atoms with Crippen molar-refractivity contribution in [1.82, 2.24) is 5.32 Å². The van der Waals surface area contributed by atoms with E-state index in [-0.39, 0.29) is 11.9 Å². The van der Waals surface area contributed by atoms with Gasteiger partial charge in [-0.2, -0.15) is 0 Å². The number of aryl methyl sites for hydroxylation is 1. The summed E-state index contributed by atoms with van der Waals surface area (Å²) >= 11 is 0. The topological polar surface area (TPSA) is 95.6 Å². The van der Waals surface area contributed by atoms with Gasteiger partial charge in [-0.25, -0.2) is 8.42 Å². The summed E-state index contributed by atoms with van der Waals surface area (Å²) in [5.74, 6) is -0.858. The minimum absolute atomic E-state index is 0.0626. The normalized spacial score (nSPS) is 12.3. The van der Waals surface area contributed by atoms with Crippen LogP contribution >= 0.6 is 0 Å². The molecule has 1 atom stereocenters. The first-order valence-electron chi connectivity index (χ1n) is 9.27. The Morgan fingerprint density at radius 3 is 2.10 bits per heavy atom. The molecular weight excluding hydrogens is 390 g/mol. The maximum absolute atomic E-state index is 12.9. The van der Waals surface area contributed by atoms with Crippen molar-refractivity contribution in [3.63, 3.8) is 0 Å². The number of rotatable bonds is 7. The van der Waals surface area contributed by atoms with E-state index in [1.54, 1.807) is 48.5 Å². The number of nitrogens with zero attached hydrogens (tertiary/aromatic N) is 1. The third-order valence-corrected chi connectivity index (χ3v) is 5.47. The van der Waals surface area contributed by atoms with E-state index in [2.05, 4.69) is 10.6 Å². The summed E-state index contributed by atoms with van der Waals surface area (Å²) in [6, 6.07) is 12.4. The van der Waals surface area contributed by atoms with Crippen LogP contribution in [0.15, 0.2) is 48.5 Å². The molecule has 2 aromatic rings. The second-order valence-corrected chi connectivity index (χ2v) is 9.09. The van der Waals surface area contributed by atoms with Crippen LogP contribution in [-0.4, -0.2) is 38.6 Å². The van der Waals surface area contributed by atoms with Gasteiger partial charge in [-0.1, -0.05) is 29.8 Å². The highest BCUT2D eigenvalue weighted by molar-refractivity contribution is 7.92. The Kier molecular flexibility index (Phi) is 7.02. The highest BCUT2D eigenvalue weighted by Crippen LogP contribution is 2.23. The van der Waals surface area contributed by atoms with E-state index in [1.165, 1.54) is 6.92 Å². The van der Waals surface area contributed by atoms with Crippen LogP contribution in [0, 0.1) is 6.92 Å². The Bertz CT molecular complexity index is 985. The van der Waals surface area contributed by atoms with Gasteiger partial charge in [0.2, 0.25) is 15.9 Å². The van der Waals surface area contributed by atoms with E-state index in [1.807, 2.05) is 20.8 Å². The van der Waals surface area contributed by atoms with Crippen molar-refractivity contribution < 1.29 is 18.0 Å². The standard InChI is InChI=1S/C21H27N3O4S/c1-14(2)22-21(26)18-8-6-7-9-19(18)23-20(25)16(4)24(29(5,27)28)17-12-10-15(3)11-13-17/h6-14,16H,1-5H3,(H,22,26)(H,23,25). The minimum atomic E-state index is -3.72. The average Bonchev–Trinajstić information content (AvgIpc) is 2.62. The number of carbonyl (C=O) groups excluding carboxylic acids is 2. The SMILES string of the molecule is Cc1ccc(N(C(C)C(=O)Nc2ccccc2C(=O)NC(C)C)S(C)(=O)=O)cc1. The van der Waals surface area contributed by atoms with Gasteiger partial charge in [-0.15, -0.1) is 0 Å². The van der Waals surface area contributed by atoms with Crippen LogP contribution in [0.5, 0.6) is 0 Å². The van der Waals surface area contributed by atoms with Gasteiger partial charge in [-0.05, 0) is 52.0 Å². The molecule has 2 aromatic carbocycles. The number of carbonyl (C=O) groups is 2. The van der Waals surface area contributed by atoms with Crippen molar-refractivity contribution in [3.8, 4) is 0 Å². The van der Waals surface area contributed by atoms with Crippen molar-refractivity contribution in [3.05, 3.63) is 59.7 Å². The largest absolute Gasteiger partial charge is 0.350 e. The molecule has 0 fully saturated rings. The third kappa shape index (κ3) is 5.80. The fraction of sp³-hybridized carbons (Fsp3) is 0.333. The van der Waals surface area contributed by atoms with Crippen LogP contribution in [0.25, 0.3) is 0 Å². The van der Waals surface area contributed by atoms with Crippen molar-refractivity contribution in [2.75, 3.05) is 15.9 Å². The molecule has 0 aliphatic rings. The lowest BCUT2D eigenvalue weighted by Gasteiger charge is -2.28. The number of benzene rings is 2. The summed E-state index contributed by atoms with van der Waals surface area (Å²) in [5.41, 5.74) is 2.00. The highest BCUT2D eigenvalue weighted by atomic mass is 32.2. The predicted molar refractivity (Wildman–Crippen MR) is 116 cm³/mol. The molecule has 0 aliphatic heterocycles. The van der Waals surface area contributed by atoms with Crippen LogP contribution in [0.1, 0.15) is 36.7 Å². The molecule has 7 nitrogen and oxygen atoms in total. The van der Waals surface area contributed by atoms with E-state index in [4.69, 9.17) is 0 Å². The molecule has 2 rings (SSSR count). The first-order chi connectivity index (χ1) is 13.5. The molecule has 8 heteroatoms. The van der Waals surface area contributed by atoms with Gasteiger partial charge in [0.1, 0.15) is 6.04 Å². The zero-order chi connectivity index (χ0) is 21.8. The number of para-hydroxylation sites is 1. The fourth-order valence-corrected chi connectivity index (χ4v) is 4.04. The quantitative estimate of drug-likeness (QED) is 0.724. The van der Waals surface area contributed by atoms with E-state index < -0.39 is 22.0 Å². The van der Waals surface area contributed by atoms with Gasteiger partial charge in [0.05, 0.1) is 23.2 Å². The molecule has 0 bridgehead atoms. The molecule has 2 amide bonds. The number of anilines is 2. The zero-order valence-corrected chi connectivity index (χ0v) is 18.1. The molecule has 0 heterocycles. The Morgan fingerprint density at radius 2 is 1.55 bits per heavy atom. The lowest BCUT2D eigenvalue weighted by Crippen LogP contribution is -2.45. The predicted octanol–water partition coefficient (Wildman–Crippen LogP) is 2.93. The van der Waals surface area contributed by atoms with Gasteiger partial charge >= 0.3 is 0 Å². The molecule has 2 N–H and O–H groups in total. The van der Waals surface area contributed by atoms with E-state index >= 15 is 0 Å². The lowest BCUT2D eigenvalue weighted by molar-refractivity contribution is -0.116. The van der Waals surface area contributed by atoms with Crippen LogP contribution in [0.3, 0.4) is 0 Å². The van der Waals surface area contributed by atoms with Crippen LogP contribution < -0.4 is 14.9 Å². The summed E-state index contributed by atoms with van der Waals surface area (Å²) in [5, 5.41) is 5.48. The maximum atomic E-state index is 12.9. The molecule has 0 saturated carbocycles. The van der Waals surface area contributed by atoms with Crippen LogP contribution in [0.2, 0.25) is 0 Å². The number of amides is 2. The Hall–Kier alpha value is -2.87. The van der Waals surface area contributed by atoms with E-state index in [0.29, 0.717) is 16.9 Å². The first-order valence-corrected chi connectivity index (χ1v) is 11.1. The summed E-state index contributed by atoms with van der Waals surface area (Å²) in [4.78, 5) is 25.3.